The molecule has 0 aliphatic rings. The number of halogens is 1. The molecule has 0 fully saturated rings. The summed E-state index contributed by atoms with van der Waals surface area (Å²) in [6.07, 6.45) is -0.774. The van der Waals surface area contributed by atoms with Gasteiger partial charge < -0.3 is 15.8 Å². The zero-order valence-electron chi connectivity index (χ0n) is 10.6. The van der Waals surface area contributed by atoms with Crippen molar-refractivity contribution in [2.75, 3.05) is 19.0 Å². The molecule has 3 N–H and O–H groups in total. The Morgan fingerprint density at radius 2 is 2.21 bits per heavy atom. The van der Waals surface area contributed by atoms with Crippen LogP contribution in [-0.2, 0) is 9.53 Å². The van der Waals surface area contributed by atoms with Crippen LogP contribution in [0.15, 0.2) is 18.2 Å². The molecule has 0 heterocycles. The van der Waals surface area contributed by atoms with Crippen molar-refractivity contribution < 1.29 is 14.5 Å². The fourth-order valence-corrected chi connectivity index (χ4v) is 1.48. The standard InChI is InChI=1S/C11H15N3O4.ClH/c1-7-8(4-3-5-9(7)14(16)17)13-11(15)10(6-12)18-2;/h3-5,10H,6,12H2,1-2H3,(H,13,15);1H. The van der Waals surface area contributed by atoms with E-state index in [1.165, 1.54) is 19.2 Å². The molecular formula is C11H16ClN3O4. The second kappa shape index (κ2) is 7.67. The monoisotopic (exact) mass is 289 g/mol. The summed E-state index contributed by atoms with van der Waals surface area (Å²) in [6.45, 7) is 1.61. The van der Waals surface area contributed by atoms with Crippen LogP contribution in [0.2, 0.25) is 0 Å². The third kappa shape index (κ3) is 4.16. The zero-order valence-corrected chi connectivity index (χ0v) is 11.4. The SMILES string of the molecule is COC(CN)C(=O)Nc1cccc([N+](=O)[O-])c1C.Cl. The number of methoxy groups -OCH3 is 1. The van der Waals surface area contributed by atoms with Gasteiger partial charge in [-0.3, -0.25) is 14.9 Å². The van der Waals surface area contributed by atoms with Gasteiger partial charge in [0.1, 0.15) is 6.10 Å². The summed E-state index contributed by atoms with van der Waals surface area (Å²) in [7, 11) is 1.37. The Bertz CT molecular complexity index is 463. The van der Waals surface area contributed by atoms with Gasteiger partial charge in [0, 0.05) is 19.7 Å². The predicted octanol–water partition coefficient (Wildman–Crippen LogP) is 1.24. The molecule has 106 valence electrons. The molecule has 19 heavy (non-hydrogen) atoms. The van der Waals surface area contributed by atoms with E-state index in [2.05, 4.69) is 5.32 Å². The number of anilines is 1. The number of ether oxygens (including phenoxy) is 1. The number of amides is 1. The van der Waals surface area contributed by atoms with Crippen LogP contribution in [0.3, 0.4) is 0 Å². The normalized spacial score (nSPS) is 11.3. The van der Waals surface area contributed by atoms with Crippen LogP contribution in [0.25, 0.3) is 0 Å². The summed E-state index contributed by atoms with van der Waals surface area (Å²) in [5.74, 6) is -0.427. The molecule has 1 atom stereocenters. The highest BCUT2D eigenvalue weighted by atomic mass is 35.5. The number of nitrogens with zero attached hydrogens (tertiary/aromatic N) is 1. The molecule has 0 aliphatic heterocycles. The molecule has 0 spiro atoms. The highest BCUT2D eigenvalue weighted by Gasteiger charge is 2.19. The van der Waals surface area contributed by atoms with Gasteiger partial charge >= 0.3 is 0 Å². The number of carbonyl (C=O) groups is 1. The molecule has 0 bridgehead atoms. The van der Waals surface area contributed by atoms with Crippen LogP contribution < -0.4 is 11.1 Å². The predicted molar refractivity (Wildman–Crippen MR) is 73.6 cm³/mol. The summed E-state index contributed by atoms with van der Waals surface area (Å²) in [6, 6.07) is 4.47. The van der Waals surface area contributed by atoms with Gasteiger partial charge in [0.15, 0.2) is 0 Å². The number of hydrogen-bond acceptors (Lipinski definition) is 5. The van der Waals surface area contributed by atoms with Crippen LogP contribution in [0.5, 0.6) is 0 Å². The van der Waals surface area contributed by atoms with E-state index < -0.39 is 16.9 Å². The molecular weight excluding hydrogens is 274 g/mol. The van der Waals surface area contributed by atoms with Crippen molar-refractivity contribution in [3.63, 3.8) is 0 Å². The minimum Gasteiger partial charge on any atom is -0.370 e. The Balaban J connectivity index is 0.00000324. The van der Waals surface area contributed by atoms with Crippen molar-refractivity contribution in [3.05, 3.63) is 33.9 Å². The number of nitrogens with one attached hydrogen (secondary N) is 1. The molecule has 8 heteroatoms. The number of carbonyl (C=O) groups excluding carboxylic acids is 1. The number of hydrogen-bond donors (Lipinski definition) is 2. The lowest BCUT2D eigenvalue weighted by Gasteiger charge is -2.14. The van der Waals surface area contributed by atoms with Crippen molar-refractivity contribution in [2.45, 2.75) is 13.0 Å². The maximum Gasteiger partial charge on any atom is 0.274 e. The number of benzene rings is 1. The van der Waals surface area contributed by atoms with Gasteiger partial charge in [-0.2, -0.15) is 0 Å². The van der Waals surface area contributed by atoms with Crippen LogP contribution in [0.1, 0.15) is 5.56 Å². The van der Waals surface area contributed by atoms with Gasteiger partial charge in [-0.05, 0) is 13.0 Å². The summed E-state index contributed by atoms with van der Waals surface area (Å²) < 4.78 is 4.88. The Hall–Kier alpha value is -1.70. The minimum absolute atomic E-state index is 0. The first kappa shape index (κ1) is 17.3. The largest absolute Gasteiger partial charge is 0.370 e. The fraction of sp³-hybridized carbons (Fsp3) is 0.364. The van der Waals surface area contributed by atoms with Gasteiger partial charge in [0.05, 0.1) is 16.2 Å². The third-order valence-electron chi connectivity index (χ3n) is 2.55. The Kier molecular flexibility index (Phi) is 6.99. The molecule has 0 aromatic heterocycles. The number of nitro benzene ring substituents is 1. The second-order valence-corrected chi connectivity index (χ2v) is 3.66. The Labute approximate surface area is 116 Å². The third-order valence-corrected chi connectivity index (χ3v) is 2.55. The van der Waals surface area contributed by atoms with Crippen LogP contribution >= 0.6 is 12.4 Å². The van der Waals surface area contributed by atoms with E-state index in [0.29, 0.717) is 11.3 Å². The summed E-state index contributed by atoms with van der Waals surface area (Å²) in [5, 5.41) is 13.3. The first-order valence-electron chi connectivity index (χ1n) is 5.29. The van der Waals surface area contributed by atoms with E-state index in [9.17, 15) is 14.9 Å². The van der Waals surface area contributed by atoms with Crippen molar-refractivity contribution in [2.24, 2.45) is 5.73 Å². The van der Waals surface area contributed by atoms with Crippen LogP contribution in [0, 0.1) is 17.0 Å². The molecule has 0 aliphatic carbocycles. The van der Waals surface area contributed by atoms with Crippen LogP contribution in [-0.4, -0.2) is 30.6 Å². The maximum atomic E-state index is 11.7. The second-order valence-electron chi connectivity index (χ2n) is 3.66. The van der Waals surface area contributed by atoms with Crippen molar-refractivity contribution in [1.29, 1.82) is 0 Å². The number of rotatable bonds is 5. The first-order chi connectivity index (χ1) is 8.51. The van der Waals surface area contributed by atoms with Gasteiger partial charge in [-0.1, -0.05) is 6.07 Å². The minimum atomic E-state index is -0.774. The maximum absolute atomic E-state index is 11.7. The van der Waals surface area contributed by atoms with E-state index in [1.54, 1.807) is 13.0 Å². The average Bonchev–Trinajstić information content (AvgIpc) is 2.33. The van der Waals surface area contributed by atoms with E-state index >= 15 is 0 Å². The molecule has 1 aromatic rings. The van der Waals surface area contributed by atoms with Gasteiger partial charge in [-0.25, -0.2) is 0 Å². The van der Waals surface area contributed by atoms with E-state index in [-0.39, 0.29) is 24.6 Å². The molecule has 1 aromatic carbocycles. The smallest absolute Gasteiger partial charge is 0.274 e. The summed E-state index contributed by atoms with van der Waals surface area (Å²) >= 11 is 0. The summed E-state index contributed by atoms with van der Waals surface area (Å²) in [4.78, 5) is 22.0. The Morgan fingerprint density at radius 1 is 1.58 bits per heavy atom. The number of nitro groups is 1. The van der Waals surface area contributed by atoms with E-state index in [0.717, 1.165) is 0 Å². The average molecular weight is 290 g/mol. The fourth-order valence-electron chi connectivity index (χ4n) is 1.48. The lowest BCUT2D eigenvalue weighted by Crippen LogP contribution is -2.36. The van der Waals surface area contributed by atoms with E-state index in [1.807, 2.05) is 0 Å². The lowest BCUT2D eigenvalue weighted by atomic mass is 10.1. The lowest BCUT2D eigenvalue weighted by molar-refractivity contribution is -0.385. The van der Waals surface area contributed by atoms with Crippen molar-refractivity contribution in [3.8, 4) is 0 Å². The molecule has 0 saturated heterocycles. The van der Waals surface area contributed by atoms with Gasteiger partial charge in [-0.15, -0.1) is 12.4 Å². The van der Waals surface area contributed by atoms with Crippen molar-refractivity contribution in [1.82, 2.24) is 0 Å². The van der Waals surface area contributed by atoms with Crippen LogP contribution in [0.4, 0.5) is 11.4 Å². The topological polar surface area (TPSA) is 107 Å². The number of nitrogens with two attached hydrogens (primary N) is 1. The molecule has 1 unspecified atom stereocenters. The Morgan fingerprint density at radius 3 is 2.68 bits per heavy atom. The quantitative estimate of drug-likeness (QED) is 0.626. The first-order valence-corrected chi connectivity index (χ1v) is 5.29. The highest BCUT2D eigenvalue weighted by molar-refractivity contribution is 5.95. The van der Waals surface area contributed by atoms with Crippen molar-refractivity contribution >= 4 is 29.7 Å². The highest BCUT2D eigenvalue weighted by Crippen LogP contribution is 2.25. The molecule has 0 radical (unpaired) electrons. The molecule has 0 saturated carbocycles. The zero-order chi connectivity index (χ0) is 13.7. The molecule has 1 rings (SSSR count). The molecule has 1 amide bonds. The molecule has 7 nitrogen and oxygen atoms in total. The van der Waals surface area contributed by atoms with E-state index in [4.69, 9.17) is 10.5 Å². The van der Waals surface area contributed by atoms with Gasteiger partial charge in [0.2, 0.25) is 0 Å². The summed E-state index contributed by atoms with van der Waals surface area (Å²) in [5.41, 5.74) is 6.08. The van der Waals surface area contributed by atoms with Gasteiger partial charge in [0.25, 0.3) is 11.6 Å².